The van der Waals surface area contributed by atoms with Gasteiger partial charge >= 0.3 is 0 Å². The number of phenolic OH excluding ortho intramolecular Hbond substituents is 1. The molecular formula is C25H21I2N5O4S. The first-order chi connectivity index (χ1) is 17.9. The molecule has 0 saturated carbocycles. The first kappa shape index (κ1) is 27.2. The van der Waals surface area contributed by atoms with E-state index in [-0.39, 0.29) is 17.4 Å². The maximum Gasteiger partial charge on any atom is 0.250 e. The standard InChI is InChI=1S/C25H21I2N5O4S/c1-35-20-9-8-15(11-21(20)36-2)24-30-31-25(32(24)18-6-4-3-5-7-18)37-14-22(33)29-28-13-16-10-17(26)12-19(27)23(16)34/h3-13,34H,14H2,1-2H3,(H,29,33)/b28-13+. The lowest BCUT2D eigenvalue weighted by Gasteiger charge is -2.12. The Hall–Kier alpha value is -2.85. The van der Waals surface area contributed by atoms with Crippen LogP contribution in [0.4, 0.5) is 0 Å². The summed E-state index contributed by atoms with van der Waals surface area (Å²) in [6.45, 7) is 0. The second-order valence-corrected chi connectivity index (χ2v) is 10.8. The number of hydrazone groups is 1. The molecule has 190 valence electrons. The Labute approximate surface area is 244 Å². The molecule has 3 aromatic carbocycles. The van der Waals surface area contributed by atoms with Crippen molar-refractivity contribution in [3.63, 3.8) is 0 Å². The number of carbonyl (C=O) groups is 1. The number of para-hydroxylation sites is 1. The largest absolute Gasteiger partial charge is 0.506 e. The van der Waals surface area contributed by atoms with E-state index in [9.17, 15) is 9.90 Å². The average molecular weight is 741 g/mol. The van der Waals surface area contributed by atoms with Crippen LogP contribution in [0, 0.1) is 7.14 Å². The highest BCUT2D eigenvalue weighted by atomic mass is 127. The third kappa shape index (κ3) is 6.54. The van der Waals surface area contributed by atoms with Crippen molar-refractivity contribution >= 4 is 69.1 Å². The number of hydrogen-bond acceptors (Lipinski definition) is 8. The second kappa shape index (κ2) is 12.6. The number of aromatic nitrogens is 3. The van der Waals surface area contributed by atoms with E-state index in [4.69, 9.17) is 9.47 Å². The van der Waals surface area contributed by atoms with Crippen molar-refractivity contribution in [2.75, 3.05) is 20.0 Å². The normalized spacial score (nSPS) is 11.0. The number of aromatic hydroxyl groups is 1. The van der Waals surface area contributed by atoms with Gasteiger partial charge in [0.25, 0.3) is 5.91 Å². The summed E-state index contributed by atoms with van der Waals surface area (Å²) in [5, 5.41) is 23.5. The molecule has 0 radical (unpaired) electrons. The first-order valence-corrected chi connectivity index (χ1v) is 13.9. The fraction of sp³-hybridized carbons (Fsp3) is 0.120. The van der Waals surface area contributed by atoms with Crippen molar-refractivity contribution in [1.82, 2.24) is 20.2 Å². The zero-order chi connectivity index (χ0) is 26.4. The summed E-state index contributed by atoms with van der Waals surface area (Å²) >= 11 is 5.44. The Morgan fingerprint density at radius 1 is 1.08 bits per heavy atom. The predicted octanol–water partition coefficient (Wildman–Crippen LogP) is 5.11. The van der Waals surface area contributed by atoms with E-state index in [0.717, 1.165) is 14.8 Å². The highest BCUT2D eigenvalue weighted by Gasteiger charge is 2.19. The molecular weight excluding hydrogens is 720 g/mol. The summed E-state index contributed by atoms with van der Waals surface area (Å²) in [7, 11) is 3.16. The van der Waals surface area contributed by atoms with Gasteiger partial charge in [0.2, 0.25) is 0 Å². The Morgan fingerprint density at radius 2 is 1.84 bits per heavy atom. The number of benzene rings is 3. The molecule has 2 N–H and O–H groups in total. The molecule has 0 saturated heterocycles. The minimum atomic E-state index is -0.323. The second-order valence-electron chi connectivity index (χ2n) is 7.45. The molecule has 0 aliphatic carbocycles. The smallest absolute Gasteiger partial charge is 0.250 e. The Balaban J connectivity index is 1.54. The molecule has 0 fully saturated rings. The summed E-state index contributed by atoms with van der Waals surface area (Å²) in [5.74, 6) is 1.63. The van der Waals surface area contributed by atoms with Crippen LogP contribution in [-0.2, 0) is 4.79 Å². The van der Waals surface area contributed by atoms with Gasteiger partial charge in [-0.15, -0.1) is 10.2 Å². The fourth-order valence-corrected chi connectivity index (χ4v) is 5.99. The van der Waals surface area contributed by atoms with Crippen LogP contribution in [0.3, 0.4) is 0 Å². The quantitative estimate of drug-likeness (QED) is 0.106. The van der Waals surface area contributed by atoms with Crippen molar-refractivity contribution in [1.29, 1.82) is 0 Å². The number of thioether (sulfide) groups is 1. The van der Waals surface area contributed by atoms with Gasteiger partial charge in [0.05, 0.1) is 29.8 Å². The van der Waals surface area contributed by atoms with Crippen LogP contribution < -0.4 is 14.9 Å². The third-order valence-corrected chi connectivity index (χ3v) is 7.45. The minimum absolute atomic E-state index is 0.0596. The van der Waals surface area contributed by atoms with Crippen molar-refractivity contribution in [3.8, 4) is 34.3 Å². The summed E-state index contributed by atoms with van der Waals surface area (Å²) in [6.07, 6.45) is 1.42. The highest BCUT2D eigenvalue weighted by Crippen LogP contribution is 2.34. The number of nitrogens with zero attached hydrogens (tertiary/aromatic N) is 4. The summed E-state index contributed by atoms with van der Waals surface area (Å²) < 4.78 is 14.3. The molecule has 1 amide bonds. The van der Waals surface area contributed by atoms with Crippen LogP contribution >= 0.6 is 56.9 Å². The number of halogens is 2. The van der Waals surface area contributed by atoms with E-state index in [2.05, 4.69) is 43.3 Å². The van der Waals surface area contributed by atoms with Crippen LogP contribution in [-0.4, -0.2) is 52.0 Å². The Bertz CT molecular complexity index is 1450. The Kier molecular flexibility index (Phi) is 9.26. The number of phenols is 1. The summed E-state index contributed by atoms with van der Waals surface area (Å²) in [4.78, 5) is 12.5. The van der Waals surface area contributed by atoms with Gasteiger partial charge in [-0.25, -0.2) is 5.43 Å². The molecule has 4 aromatic rings. The Morgan fingerprint density at radius 3 is 2.57 bits per heavy atom. The number of hydrogen-bond donors (Lipinski definition) is 2. The average Bonchev–Trinajstić information content (AvgIpc) is 3.34. The third-order valence-electron chi connectivity index (χ3n) is 5.07. The predicted molar refractivity (Wildman–Crippen MR) is 160 cm³/mol. The minimum Gasteiger partial charge on any atom is -0.506 e. The van der Waals surface area contributed by atoms with Crippen molar-refractivity contribution < 1.29 is 19.4 Å². The molecule has 0 unspecified atom stereocenters. The van der Waals surface area contributed by atoms with E-state index in [1.165, 1.54) is 18.0 Å². The fourth-order valence-electron chi connectivity index (χ4n) is 3.36. The molecule has 4 rings (SSSR count). The van der Waals surface area contributed by atoms with Crippen LogP contribution in [0.25, 0.3) is 17.1 Å². The molecule has 0 aliphatic rings. The molecule has 0 bridgehead atoms. The zero-order valence-corrected chi connectivity index (χ0v) is 24.8. The van der Waals surface area contributed by atoms with Gasteiger partial charge in [0.15, 0.2) is 22.5 Å². The van der Waals surface area contributed by atoms with E-state index in [1.807, 2.05) is 81.8 Å². The van der Waals surface area contributed by atoms with Gasteiger partial charge in [-0.1, -0.05) is 30.0 Å². The molecule has 1 aromatic heterocycles. The van der Waals surface area contributed by atoms with Crippen molar-refractivity contribution in [2.45, 2.75) is 5.16 Å². The molecule has 9 nitrogen and oxygen atoms in total. The number of rotatable bonds is 9. The topological polar surface area (TPSA) is 111 Å². The van der Waals surface area contributed by atoms with Crippen LogP contribution in [0.15, 0.2) is 70.9 Å². The van der Waals surface area contributed by atoms with Gasteiger partial charge in [0.1, 0.15) is 5.75 Å². The molecule has 0 spiro atoms. The maximum atomic E-state index is 12.5. The molecule has 1 heterocycles. The SMILES string of the molecule is COc1ccc(-c2nnc(SCC(=O)N/N=C/c3cc(I)cc(I)c3O)n2-c2ccccc2)cc1OC. The van der Waals surface area contributed by atoms with E-state index in [1.54, 1.807) is 20.3 Å². The van der Waals surface area contributed by atoms with Crippen LogP contribution in [0.2, 0.25) is 0 Å². The number of ether oxygens (including phenoxy) is 2. The summed E-state index contributed by atoms with van der Waals surface area (Å²) in [5.41, 5.74) is 4.65. The zero-order valence-electron chi connectivity index (χ0n) is 19.7. The summed E-state index contributed by atoms with van der Waals surface area (Å²) in [6, 6.07) is 18.8. The van der Waals surface area contributed by atoms with E-state index >= 15 is 0 Å². The van der Waals surface area contributed by atoms with Gasteiger partial charge in [-0.05, 0) is 87.6 Å². The lowest BCUT2D eigenvalue weighted by Crippen LogP contribution is -2.20. The lowest BCUT2D eigenvalue weighted by atomic mass is 10.2. The van der Waals surface area contributed by atoms with Gasteiger partial charge in [-0.3, -0.25) is 9.36 Å². The first-order valence-electron chi connectivity index (χ1n) is 10.8. The van der Waals surface area contributed by atoms with Crippen molar-refractivity contribution in [2.24, 2.45) is 5.10 Å². The monoisotopic (exact) mass is 741 g/mol. The maximum absolute atomic E-state index is 12.5. The van der Waals surface area contributed by atoms with Crippen molar-refractivity contribution in [3.05, 3.63) is 73.4 Å². The van der Waals surface area contributed by atoms with Gasteiger partial charge in [0, 0.05) is 20.4 Å². The molecule has 0 atom stereocenters. The van der Waals surface area contributed by atoms with E-state index in [0.29, 0.717) is 31.6 Å². The van der Waals surface area contributed by atoms with E-state index < -0.39 is 0 Å². The molecule has 0 aliphatic heterocycles. The molecule has 37 heavy (non-hydrogen) atoms. The highest BCUT2D eigenvalue weighted by molar-refractivity contribution is 14.1. The number of methoxy groups -OCH3 is 2. The van der Waals surface area contributed by atoms with Crippen LogP contribution in [0.1, 0.15) is 5.56 Å². The number of carbonyl (C=O) groups excluding carboxylic acids is 1. The number of nitrogens with one attached hydrogen (secondary N) is 1. The van der Waals surface area contributed by atoms with Gasteiger partial charge < -0.3 is 14.6 Å². The van der Waals surface area contributed by atoms with Gasteiger partial charge in [-0.2, -0.15) is 5.10 Å². The molecule has 12 heteroatoms. The number of amides is 1. The van der Waals surface area contributed by atoms with Crippen LogP contribution in [0.5, 0.6) is 17.2 Å². The lowest BCUT2D eigenvalue weighted by molar-refractivity contribution is -0.118.